The van der Waals surface area contributed by atoms with Crippen molar-refractivity contribution in [2.45, 2.75) is 39.2 Å². The molecule has 0 spiro atoms. The fourth-order valence-electron chi connectivity index (χ4n) is 2.33. The molecule has 0 saturated carbocycles. The predicted molar refractivity (Wildman–Crippen MR) is 79.4 cm³/mol. The minimum Gasteiger partial charge on any atom is -0.288 e. The van der Waals surface area contributed by atoms with Gasteiger partial charge in [0.15, 0.2) is 0 Å². The average Bonchev–Trinajstić information content (AvgIpc) is 2.43. The Kier molecular flexibility index (Phi) is 4.50. The molecule has 0 atom stereocenters. The highest BCUT2D eigenvalue weighted by atomic mass is 16.1. The fourth-order valence-corrected chi connectivity index (χ4v) is 2.33. The van der Waals surface area contributed by atoms with Gasteiger partial charge in [-0.1, -0.05) is 44.0 Å². The highest BCUT2D eigenvalue weighted by Crippen LogP contribution is 2.17. The molecule has 2 rings (SSSR count). The Labute approximate surface area is 113 Å². The van der Waals surface area contributed by atoms with Crippen LogP contribution in [-0.4, -0.2) is 9.55 Å². The lowest BCUT2D eigenvalue weighted by Crippen LogP contribution is -2.24. The molecule has 0 radical (unpaired) electrons. The maximum Gasteiger partial charge on any atom is 0.348 e. The minimum absolute atomic E-state index is 0.176. The number of nitrogens with zero attached hydrogens (tertiary/aromatic N) is 2. The molecule has 0 amide bonds. The molecule has 1 heterocycles. The van der Waals surface area contributed by atoms with Gasteiger partial charge in [0, 0.05) is 11.9 Å². The normalized spacial score (nSPS) is 10.8. The number of aromatic nitrogens is 2. The average molecular weight is 256 g/mol. The topological polar surface area (TPSA) is 34.9 Å². The predicted octanol–water partition coefficient (Wildman–Crippen LogP) is 3.32. The van der Waals surface area contributed by atoms with Gasteiger partial charge in [0.2, 0.25) is 0 Å². The molecule has 0 aliphatic carbocycles. The maximum absolute atomic E-state index is 12.1. The SMILES string of the molecule is C=CCn1c(=O)nc(CCCCC)c2ccccc21. The summed E-state index contributed by atoms with van der Waals surface area (Å²) in [6, 6.07) is 7.97. The molecule has 1 aromatic heterocycles. The first kappa shape index (κ1) is 13.5. The first-order valence-electron chi connectivity index (χ1n) is 6.87. The van der Waals surface area contributed by atoms with Gasteiger partial charge < -0.3 is 0 Å². The van der Waals surface area contributed by atoms with Crippen LogP contribution in [0.3, 0.4) is 0 Å². The van der Waals surface area contributed by atoms with E-state index in [1.54, 1.807) is 10.6 Å². The second-order valence-electron chi connectivity index (χ2n) is 4.71. The van der Waals surface area contributed by atoms with Gasteiger partial charge >= 0.3 is 5.69 Å². The Hall–Kier alpha value is -1.90. The van der Waals surface area contributed by atoms with E-state index in [1.165, 1.54) is 12.8 Å². The summed E-state index contributed by atoms with van der Waals surface area (Å²) in [5, 5.41) is 1.08. The second-order valence-corrected chi connectivity index (χ2v) is 4.71. The van der Waals surface area contributed by atoms with E-state index in [1.807, 2.05) is 24.3 Å². The van der Waals surface area contributed by atoms with Crippen molar-refractivity contribution in [3.63, 3.8) is 0 Å². The van der Waals surface area contributed by atoms with Crippen LogP contribution in [0.25, 0.3) is 10.9 Å². The van der Waals surface area contributed by atoms with Gasteiger partial charge in [0.25, 0.3) is 0 Å². The zero-order valence-electron chi connectivity index (χ0n) is 11.4. The summed E-state index contributed by atoms with van der Waals surface area (Å²) in [6.45, 7) is 6.38. The van der Waals surface area contributed by atoms with Crippen LogP contribution in [0.4, 0.5) is 0 Å². The van der Waals surface area contributed by atoms with Crippen LogP contribution in [0, 0.1) is 0 Å². The molecule has 0 bridgehead atoms. The zero-order chi connectivity index (χ0) is 13.7. The molecule has 0 unspecified atom stereocenters. The van der Waals surface area contributed by atoms with E-state index >= 15 is 0 Å². The smallest absolute Gasteiger partial charge is 0.288 e. The van der Waals surface area contributed by atoms with Crippen LogP contribution in [0.5, 0.6) is 0 Å². The summed E-state index contributed by atoms with van der Waals surface area (Å²) in [5.74, 6) is 0. The number of hydrogen-bond donors (Lipinski definition) is 0. The third kappa shape index (κ3) is 2.92. The Bertz CT molecular complexity index is 628. The number of allylic oxidation sites excluding steroid dienone is 1. The van der Waals surface area contributed by atoms with Crippen molar-refractivity contribution in [2.75, 3.05) is 0 Å². The molecule has 1 aromatic carbocycles. The number of aryl methyl sites for hydroxylation is 1. The molecule has 2 aromatic rings. The molecular formula is C16H20N2O. The van der Waals surface area contributed by atoms with E-state index in [2.05, 4.69) is 18.5 Å². The fraction of sp³-hybridized carbons (Fsp3) is 0.375. The van der Waals surface area contributed by atoms with Crippen LogP contribution in [0.1, 0.15) is 31.9 Å². The van der Waals surface area contributed by atoms with Gasteiger partial charge in [-0.25, -0.2) is 4.79 Å². The van der Waals surface area contributed by atoms with E-state index in [-0.39, 0.29) is 5.69 Å². The number of unbranched alkanes of at least 4 members (excludes halogenated alkanes) is 2. The zero-order valence-corrected chi connectivity index (χ0v) is 11.4. The number of fused-ring (bicyclic) bond motifs is 1. The first-order valence-corrected chi connectivity index (χ1v) is 6.87. The molecule has 3 heteroatoms. The van der Waals surface area contributed by atoms with Gasteiger partial charge in [0.1, 0.15) is 0 Å². The molecule has 0 fully saturated rings. The van der Waals surface area contributed by atoms with Crippen LogP contribution < -0.4 is 5.69 Å². The molecule has 0 saturated heterocycles. The number of hydrogen-bond acceptors (Lipinski definition) is 2. The molecule has 19 heavy (non-hydrogen) atoms. The molecule has 0 N–H and O–H groups in total. The summed E-state index contributed by atoms with van der Waals surface area (Å²) in [4.78, 5) is 16.3. The monoisotopic (exact) mass is 256 g/mol. The quantitative estimate of drug-likeness (QED) is 0.587. The highest BCUT2D eigenvalue weighted by Gasteiger charge is 2.08. The van der Waals surface area contributed by atoms with Gasteiger partial charge in [-0.05, 0) is 18.9 Å². The third-order valence-corrected chi connectivity index (χ3v) is 3.30. The van der Waals surface area contributed by atoms with Crippen LogP contribution in [-0.2, 0) is 13.0 Å². The van der Waals surface area contributed by atoms with E-state index in [0.717, 1.165) is 29.4 Å². The Balaban J connectivity index is 2.51. The summed E-state index contributed by atoms with van der Waals surface area (Å²) >= 11 is 0. The van der Waals surface area contributed by atoms with E-state index in [0.29, 0.717) is 6.54 Å². The van der Waals surface area contributed by atoms with Crippen molar-refractivity contribution >= 4 is 10.9 Å². The number of rotatable bonds is 6. The van der Waals surface area contributed by atoms with Gasteiger partial charge in [-0.2, -0.15) is 4.98 Å². The summed E-state index contributed by atoms with van der Waals surface area (Å²) in [6.07, 6.45) is 6.03. The maximum atomic E-state index is 12.1. The number of para-hydroxylation sites is 1. The van der Waals surface area contributed by atoms with E-state index in [4.69, 9.17) is 0 Å². The van der Waals surface area contributed by atoms with Crippen LogP contribution >= 0.6 is 0 Å². The lowest BCUT2D eigenvalue weighted by atomic mass is 10.1. The third-order valence-electron chi connectivity index (χ3n) is 3.30. The van der Waals surface area contributed by atoms with Crippen LogP contribution in [0.15, 0.2) is 41.7 Å². The van der Waals surface area contributed by atoms with Crippen molar-refractivity contribution in [1.82, 2.24) is 9.55 Å². The summed E-state index contributed by atoms with van der Waals surface area (Å²) in [7, 11) is 0. The molecule has 3 nitrogen and oxygen atoms in total. The van der Waals surface area contributed by atoms with Crippen molar-refractivity contribution in [3.05, 3.63) is 53.1 Å². The van der Waals surface area contributed by atoms with Gasteiger partial charge in [-0.15, -0.1) is 6.58 Å². The molecular weight excluding hydrogens is 236 g/mol. The second kappa shape index (κ2) is 6.32. The lowest BCUT2D eigenvalue weighted by molar-refractivity contribution is 0.696. The number of benzene rings is 1. The van der Waals surface area contributed by atoms with Crippen molar-refractivity contribution in [2.24, 2.45) is 0 Å². The van der Waals surface area contributed by atoms with Crippen molar-refractivity contribution in [3.8, 4) is 0 Å². The Morgan fingerprint density at radius 2 is 2.11 bits per heavy atom. The van der Waals surface area contributed by atoms with Crippen LogP contribution in [0.2, 0.25) is 0 Å². The first-order chi connectivity index (χ1) is 9.27. The van der Waals surface area contributed by atoms with Gasteiger partial charge in [-0.3, -0.25) is 4.57 Å². The lowest BCUT2D eigenvalue weighted by Gasteiger charge is -2.10. The summed E-state index contributed by atoms with van der Waals surface area (Å²) < 4.78 is 1.67. The molecule has 100 valence electrons. The Morgan fingerprint density at radius 3 is 2.84 bits per heavy atom. The molecule has 0 aliphatic heterocycles. The minimum atomic E-state index is -0.176. The standard InChI is InChI=1S/C16H20N2O/c1-3-5-6-10-14-13-9-7-8-11-15(13)18(12-4-2)16(19)17-14/h4,7-9,11H,2-3,5-6,10,12H2,1H3. The highest BCUT2D eigenvalue weighted by molar-refractivity contribution is 5.81. The summed E-state index contributed by atoms with van der Waals surface area (Å²) in [5.41, 5.74) is 1.70. The van der Waals surface area contributed by atoms with Crippen molar-refractivity contribution in [1.29, 1.82) is 0 Å². The molecule has 0 aliphatic rings. The largest absolute Gasteiger partial charge is 0.348 e. The Morgan fingerprint density at radius 1 is 1.32 bits per heavy atom. The van der Waals surface area contributed by atoms with E-state index < -0.39 is 0 Å². The van der Waals surface area contributed by atoms with Gasteiger partial charge in [0.05, 0.1) is 11.2 Å². The van der Waals surface area contributed by atoms with E-state index in [9.17, 15) is 4.79 Å². The van der Waals surface area contributed by atoms with Crippen molar-refractivity contribution < 1.29 is 0 Å².